The molecule has 2 fully saturated rings. The van der Waals surface area contributed by atoms with Crippen LogP contribution in [0.3, 0.4) is 0 Å². The molecule has 1 aliphatic heterocycles. The van der Waals surface area contributed by atoms with Gasteiger partial charge in [0, 0.05) is 13.1 Å². The van der Waals surface area contributed by atoms with E-state index in [9.17, 15) is 5.11 Å². The number of piperidine rings is 1. The summed E-state index contributed by atoms with van der Waals surface area (Å²) in [4.78, 5) is 2.59. The normalized spacial score (nSPS) is 29.2. The Kier molecular flexibility index (Phi) is 5.05. The fourth-order valence-electron chi connectivity index (χ4n) is 3.58. The second-order valence-corrected chi connectivity index (χ2v) is 6.27. The van der Waals surface area contributed by atoms with Crippen molar-refractivity contribution in [2.24, 2.45) is 11.8 Å². The summed E-state index contributed by atoms with van der Waals surface area (Å²) in [6.07, 6.45) is 6.60. The van der Waals surface area contributed by atoms with E-state index in [1.807, 2.05) is 0 Å². The molecule has 1 saturated heterocycles. The van der Waals surface area contributed by atoms with E-state index in [1.165, 1.54) is 45.2 Å². The molecule has 18 heavy (non-hydrogen) atoms. The van der Waals surface area contributed by atoms with E-state index in [0.29, 0.717) is 12.5 Å². The molecule has 2 aliphatic rings. The third kappa shape index (κ3) is 3.25. The molecule has 106 valence electrons. The maximum atomic E-state index is 9.88. The quantitative estimate of drug-likeness (QED) is 0.728. The number of hydrogen-bond donors (Lipinski definition) is 2. The number of aliphatic hydroxyl groups is 1. The molecule has 0 amide bonds. The zero-order chi connectivity index (χ0) is 13.0. The smallest absolute Gasteiger partial charge is 0.0628 e. The van der Waals surface area contributed by atoms with Gasteiger partial charge in [-0.15, -0.1) is 0 Å². The summed E-state index contributed by atoms with van der Waals surface area (Å²) in [6.45, 7) is 9.20. The fraction of sp³-hybridized carbons (Fsp3) is 1.00. The van der Waals surface area contributed by atoms with E-state index < -0.39 is 0 Å². The molecule has 1 saturated carbocycles. The molecule has 2 N–H and O–H groups in total. The van der Waals surface area contributed by atoms with Gasteiger partial charge in [0.15, 0.2) is 0 Å². The van der Waals surface area contributed by atoms with Crippen molar-refractivity contribution >= 4 is 0 Å². The average molecular weight is 254 g/mol. The summed E-state index contributed by atoms with van der Waals surface area (Å²) < 4.78 is 0. The number of likely N-dealkylation sites (N-methyl/N-ethyl adjacent to an activating group) is 1. The lowest BCUT2D eigenvalue weighted by Gasteiger charge is -2.41. The number of hydrogen-bond acceptors (Lipinski definition) is 3. The minimum absolute atomic E-state index is 0.0234. The standard InChI is InChI=1S/C15H30N2O/c1-3-13-6-5-9-17(10-13)11-15(12-18,16-4-2)14-7-8-14/h13-14,16,18H,3-12H2,1-2H3. The molecule has 3 nitrogen and oxygen atoms in total. The predicted octanol–water partition coefficient (Wildman–Crippen LogP) is 1.86. The molecule has 1 aliphatic carbocycles. The Bertz CT molecular complexity index is 255. The monoisotopic (exact) mass is 254 g/mol. The van der Waals surface area contributed by atoms with Gasteiger partial charge in [0.2, 0.25) is 0 Å². The molecular weight excluding hydrogens is 224 g/mol. The summed E-state index contributed by atoms with van der Waals surface area (Å²) >= 11 is 0. The number of nitrogens with one attached hydrogen (secondary N) is 1. The van der Waals surface area contributed by atoms with Crippen LogP contribution in [0, 0.1) is 11.8 Å². The molecular formula is C15H30N2O. The van der Waals surface area contributed by atoms with Gasteiger partial charge in [0.25, 0.3) is 0 Å². The van der Waals surface area contributed by atoms with Crippen LogP contribution in [0.2, 0.25) is 0 Å². The highest BCUT2D eigenvalue weighted by molar-refractivity contribution is 5.03. The van der Waals surface area contributed by atoms with Crippen molar-refractivity contribution in [3.05, 3.63) is 0 Å². The van der Waals surface area contributed by atoms with Crippen LogP contribution in [0.25, 0.3) is 0 Å². The number of rotatable bonds is 7. The maximum Gasteiger partial charge on any atom is 0.0628 e. The molecule has 2 unspecified atom stereocenters. The largest absolute Gasteiger partial charge is 0.394 e. The Morgan fingerprint density at radius 3 is 2.61 bits per heavy atom. The van der Waals surface area contributed by atoms with Crippen LogP contribution in [0.4, 0.5) is 0 Å². The van der Waals surface area contributed by atoms with Crippen LogP contribution >= 0.6 is 0 Å². The van der Waals surface area contributed by atoms with Crippen LogP contribution in [-0.2, 0) is 0 Å². The van der Waals surface area contributed by atoms with Gasteiger partial charge in [-0.3, -0.25) is 0 Å². The molecule has 0 radical (unpaired) electrons. The van der Waals surface area contributed by atoms with Gasteiger partial charge in [-0.2, -0.15) is 0 Å². The molecule has 0 aromatic rings. The van der Waals surface area contributed by atoms with Gasteiger partial charge >= 0.3 is 0 Å². The highest BCUT2D eigenvalue weighted by atomic mass is 16.3. The number of aliphatic hydroxyl groups excluding tert-OH is 1. The van der Waals surface area contributed by atoms with E-state index in [-0.39, 0.29) is 5.54 Å². The summed E-state index contributed by atoms with van der Waals surface area (Å²) in [5.74, 6) is 1.57. The molecule has 2 atom stereocenters. The van der Waals surface area contributed by atoms with Gasteiger partial charge in [0.05, 0.1) is 12.1 Å². The molecule has 1 heterocycles. The van der Waals surface area contributed by atoms with Gasteiger partial charge < -0.3 is 15.3 Å². The first-order valence-corrected chi connectivity index (χ1v) is 7.82. The molecule has 2 rings (SSSR count). The van der Waals surface area contributed by atoms with E-state index in [1.54, 1.807) is 0 Å². The highest BCUT2D eigenvalue weighted by Gasteiger charge is 2.45. The third-order valence-corrected chi connectivity index (χ3v) is 4.86. The summed E-state index contributed by atoms with van der Waals surface area (Å²) in [7, 11) is 0. The Labute approximate surface area is 112 Å². The van der Waals surface area contributed by atoms with Gasteiger partial charge in [-0.05, 0) is 50.6 Å². The van der Waals surface area contributed by atoms with Crippen LogP contribution in [0.15, 0.2) is 0 Å². The highest BCUT2D eigenvalue weighted by Crippen LogP contribution is 2.40. The topological polar surface area (TPSA) is 35.5 Å². The van der Waals surface area contributed by atoms with Crippen molar-refractivity contribution < 1.29 is 5.11 Å². The number of likely N-dealkylation sites (tertiary alicyclic amines) is 1. The second kappa shape index (κ2) is 6.36. The minimum Gasteiger partial charge on any atom is -0.394 e. The molecule has 0 aromatic heterocycles. The van der Waals surface area contributed by atoms with Crippen molar-refractivity contribution in [1.29, 1.82) is 0 Å². The first kappa shape index (κ1) is 14.3. The predicted molar refractivity (Wildman–Crippen MR) is 75.7 cm³/mol. The first-order chi connectivity index (χ1) is 8.74. The summed E-state index contributed by atoms with van der Waals surface area (Å²) in [6, 6.07) is 0. The lowest BCUT2D eigenvalue weighted by atomic mass is 9.90. The lowest BCUT2D eigenvalue weighted by Crippen LogP contribution is -2.59. The van der Waals surface area contributed by atoms with E-state index >= 15 is 0 Å². The molecule has 3 heteroatoms. The Morgan fingerprint density at radius 1 is 1.28 bits per heavy atom. The number of nitrogens with zero attached hydrogens (tertiary/aromatic N) is 1. The summed E-state index contributed by atoms with van der Waals surface area (Å²) in [5, 5.41) is 13.5. The van der Waals surface area contributed by atoms with E-state index in [2.05, 4.69) is 24.1 Å². The maximum absolute atomic E-state index is 9.88. The van der Waals surface area contributed by atoms with Crippen molar-refractivity contribution in [1.82, 2.24) is 10.2 Å². The minimum atomic E-state index is -0.0234. The first-order valence-electron chi connectivity index (χ1n) is 7.82. The molecule has 0 bridgehead atoms. The zero-order valence-corrected chi connectivity index (χ0v) is 12.1. The van der Waals surface area contributed by atoms with E-state index in [0.717, 1.165) is 19.0 Å². The Balaban J connectivity index is 1.95. The van der Waals surface area contributed by atoms with Crippen molar-refractivity contribution in [3.8, 4) is 0 Å². The van der Waals surface area contributed by atoms with Crippen molar-refractivity contribution in [2.45, 2.75) is 51.5 Å². The second-order valence-electron chi connectivity index (χ2n) is 6.27. The van der Waals surface area contributed by atoms with Crippen LogP contribution < -0.4 is 5.32 Å². The van der Waals surface area contributed by atoms with Crippen LogP contribution in [-0.4, -0.2) is 48.3 Å². The molecule has 0 spiro atoms. The summed E-state index contributed by atoms with van der Waals surface area (Å²) in [5.41, 5.74) is -0.0234. The van der Waals surface area contributed by atoms with Crippen LogP contribution in [0.1, 0.15) is 46.0 Å². The Morgan fingerprint density at radius 2 is 2.06 bits per heavy atom. The van der Waals surface area contributed by atoms with Crippen LogP contribution in [0.5, 0.6) is 0 Å². The molecule has 0 aromatic carbocycles. The van der Waals surface area contributed by atoms with Gasteiger partial charge in [-0.25, -0.2) is 0 Å². The fourth-order valence-corrected chi connectivity index (χ4v) is 3.58. The van der Waals surface area contributed by atoms with Crippen molar-refractivity contribution in [3.63, 3.8) is 0 Å². The van der Waals surface area contributed by atoms with Gasteiger partial charge in [-0.1, -0.05) is 20.3 Å². The van der Waals surface area contributed by atoms with E-state index in [4.69, 9.17) is 0 Å². The SMILES string of the molecule is CCNC(CO)(CN1CCCC(CC)C1)C1CC1. The Hall–Kier alpha value is -0.120. The average Bonchev–Trinajstić information content (AvgIpc) is 3.23. The van der Waals surface area contributed by atoms with Crippen molar-refractivity contribution in [2.75, 3.05) is 32.8 Å². The lowest BCUT2D eigenvalue weighted by molar-refractivity contribution is 0.0690. The van der Waals surface area contributed by atoms with Gasteiger partial charge in [0.1, 0.15) is 0 Å². The third-order valence-electron chi connectivity index (χ3n) is 4.86. The zero-order valence-electron chi connectivity index (χ0n) is 12.1.